The monoisotopic (exact) mass is 430 g/mol. The highest BCUT2D eigenvalue weighted by atomic mass is 16.5. The molecular weight excluding hydrogens is 408 g/mol. The van der Waals surface area contributed by atoms with Crippen LogP contribution in [-0.4, -0.2) is 36.8 Å². The lowest BCUT2D eigenvalue weighted by Gasteiger charge is -2.27. The summed E-state index contributed by atoms with van der Waals surface area (Å²) in [5.41, 5.74) is 1.46. The maximum absolute atomic E-state index is 13.1. The summed E-state index contributed by atoms with van der Waals surface area (Å²) in [6, 6.07) is 16.6. The Labute approximate surface area is 185 Å². The molecule has 0 unspecified atom stereocenters. The van der Waals surface area contributed by atoms with Gasteiger partial charge >= 0.3 is 5.97 Å². The smallest absolute Gasteiger partial charge is 0.338 e. The molecule has 32 heavy (non-hydrogen) atoms. The van der Waals surface area contributed by atoms with Gasteiger partial charge < -0.3 is 10.1 Å². The molecule has 0 radical (unpaired) electrons. The number of carbonyl (C=O) groups is 4. The van der Waals surface area contributed by atoms with Crippen molar-refractivity contribution >= 4 is 40.2 Å². The topological polar surface area (TPSA) is 92.8 Å². The zero-order valence-electron chi connectivity index (χ0n) is 17.8. The van der Waals surface area contributed by atoms with Gasteiger partial charge in [0.25, 0.3) is 17.7 Å². The normalized spacial score (nSPS) is 12.9. The lowest BCUT2D eigenvalue weighted by molar-refractivity contribution is -0.124. The number of imide groups is 1. The van der Waals surface area contributed by atoms with Gasteiger partial charge in [0.1, 0.15) is 0 Å². The zero-order valence-corrected chi connectivity index (χ0v) is 17.8. The van der Waals surface area contributed by atoms with E-state index < -0.39 is 17.8 Å². The van der Waals surface area contributed by atoms with Crippen LogP contribution in [0.3, 0.4) is 0 Å². The van der Waals surface area contributed by atoms with Crippen LogP contribution < -0.4 is 10.2 Å². The average molecular weight is 430 g/mol. The molecule has 3 aromatic carbocycles. The number of carbonyl (C=O) groups excluding carboxylic acids is 4. The number of hydrogen-bond donors (Lipinski definition) is 1. The van der Waals surface area contributed by atoms with Crippen molar-refractivity contribution in [2.45, 2.75) is 13.8 Å². The molecule has 1 N–H and O–H groups in total. The highest BCUT2D eigenvalue weighted by Crippen LogP contribution is 2.32. The minimum absolute atomic E-state index is 0.213. The number of benzene rings is 3. The Bertz CT molecular complexity index is 1180. The minimum Gasteiger partial charge on any atom is -0.452 e. The van der Waals surface area contributed by atoms with Gasteiger partial charge in [0.05, 0.1) is 11.3 Å². The van der Waals surface area contributed by atoms with Gasteiger partial charge in [-0.3, -0.25) is 14.4 Å². The van der Waals surface area contributed by atoms with Crippen LogP contribution in [0.4, 0.5) is 5.69 Å². The molecule has 0 fully saturated rings. The van der Waals surface area contributed by atoms with Gasteiger partial charge in [0.15, 0.2) is 6.61 Å². The first-order chi connectivity index (χ1) is 15.4. The van der Waals surface area contributed by atoms with Crippen LogP contribution in [-0.2, 0) is 9.53 Å². The molecule has 7 heteroatoms. The maximum Gasteiger partial charge on any atom is 0.338 e. The van der Waals surface area contributed by atoms with E-state index in [9.17, 15) is 19.2 Å². The maximum atomic E-state index is 13.1. The molecule has 0 saturated carbocycles. The fraction of sp³-hybridized carbons (Fsp3) is 0.200. The Balaban J connectivity index is 1.51. The van der Waals surface area contributed by atoms with Gasteiger partial charge in [-0.25, -0.2) is 9.69 Å². The first-order valence-electron chi connectivity index (χ1n) is 10.3. The van der Waals surface area contributed by atoms with Crippen LogP contribution in [0, 0.1) is 5.92 Å². The number of ether oxygens (including phenoxy) is 1. The molecule has 1 heterocycles. The van der Waals surface area contributed by atoms with Gasteiger partial charge in [-0.05, 0) is 47.7 Å². The number of rotatable bonds is 6. The Kier molecular flexibility index (Phi) is 5.73. The predicted molar refractivity (Wildman–Crippen MR) is 120 cm³/mol. The Morgan fingerprint density at radius 3 is 2.06 bits per heavy atom. The SMILES string of the molecule is CC(C)CNC(=O)COC(=O)c1ccc(N2C(=O)c3cccc4cccc(c34)C2=O)cc1. The second-order valence-electron chi connectivity index (χ2n) is 7.98. The van der Waals surface area contributed by atoms with Crippen LogP contribution in [0.1, 0.15) is 44.9 Å². The molecule has 3 aromatic rings. The van der Waals surface area contributed by atoms with Crippen molar-refractivity contribution in [3.63, 3.8) is 0 Å². The third-order valence-corrected chi connectivity index (χ3v) is 5.17. The highest BCUT2D eigenvalue weighted by molar-refractivity contribution is 6.35. The van der Waals surface area contributed by atoms with E-state index in [1.807, 2.05) is 26.0 Å². The van der Waals surface area contributed by atoms with E-state index in [0.717, 1.165) is 10.3 Å². The van der Waals surface area contributed by atoms with Crippen molar-refractivity contribution in [2.24, 2.45) is 5.92 Å². The Morgan fingerprint density at radius 2 is 1.50 bits per heavy atom. The number of nitrogens with one attached hydrogen (secondary N) is 1. The number of esters is 1. The molecule has 1 aliphatic rings. The fourth-order valence-corrected chi connectivity index (χ4v) is 3.60. The zero-order chi connectivity index (χ0) is 22.8. The highest BCUT2D eigenvalue weighted by Gasteiger charge is 2.33. The molecule has 0 atom stereocenters. The summed E-state index contributed by atoms with van der Waals surface area (Å²) in [4.78, 5) is 51.2. The number of nitrogens with zero attached hydrogens (tertiary/aromatic N) is 1. The fourth-order valence-electron chi connectivity index (χ4n) is 3.60. The summed E-state index contributed by atoms with van der Waals surface area (Å²) in [7, 11) is 0. The van der Waals surface area contributed by atoms with Crippen LogP contribution in [0.25, 0.3) is 10.8 Å². The second kappa shape index (κ2) is 8.63. The van der Waals surface area contributed by atoms with E-state index in [-0.39, 0.29) is 18.1 Å². The van der Waals surface area contributed by atoms with Gasteiger partial charge in [-0.2, -0.15) is 0 Å². The first kappa shape index (κ1) is 21.2. The molecule has 7 nitrogen and oxygen atoms in total. The van der Waals surface area contributed by atoms with E-state index >= 15 is 0 Å². The lowest BCUT2D eigenvalue weighted by Crippen LogP contribution is -2.40. The third-order valence-electron chi connectivity index (χ3n) is 5.17. The second-order valence-corrected chi connectivity index (χ2v) is 7.98. The van der Waals surface area contributed by atoms with Crippen molar-refractivity contribution in [2.75, 3.05) is 18.1 Å². The molecular formula is C25H22N2O5. The number of hydrogen-bond acceptors (Lipinski definition) is 5. The van der Waals surface area contributed by atoms with Crippen molar-refractivity contribution in [3.8, 4) is 0 Å². The van der Waals surface area contributed by atoms with E-state index in [2.05, 4.69) is 5.32 Å². The molecule has 0 spiro atoms. The molecule has 4 rings (SSSR count). The van der Waals surface area contributed by atoms with Crippen molar-refractivity contribution < 1.29 is 23.9 Å². The Hall–Kier alpha value is -4.00. The van der Waals surface area contributed by atoms with E-state index in [0.29, 0.717) is 34.7 Å². The lowest BCUT2D eigenvalue weighted by atomic mass is 9.94. The molecule has 1 aliphatic heterocycles. The van der Waals surface area contributed by atoms with E-state index in [4.69, 9.17) is 4.74 Å². The Morgan fingerprint density at radius 1 is 0.906 bits per heavy atom. The van der Waals surface area contributed by atoms with Crippen molar-refractivity contribution in [1.29, 1.82) is 0 Å². The molecule has 3 amide bonds. The summed E-state index contributed by atoms with van der Waals surface area (Å²) in [5, 5.41) is 4.15. The van der Waals surface area contributed by atoms with E-state index in [1.165, 1.54) is 24.3 Å². The first-order valence-corrected chi connectivity index (χ1v) is 10.3. The molecule has 0 aliphatic carbocycles. The molecule has 0 bridgehead atoms. The summed E-state index contributed by atoms with van der Waals surface area (Å²) in [6.07, 6.45) is 0. The van der Waals surface area contributed by atoms with Gasteiger partial charge in [-0.15, -0.1) is 0 Å². The third kappa shape index (κ3) is 3.97. The molecule has 0 aromatic heterocycles. The molecule has 0 saturated heterocycles. The standard InChI is InChI=1S/C25H22N2O5/c1-15(2)13-26-21(28)14-32-25(31)17-9-11-18(12-10-17)27-23(29)19-7-3-5-16-6-4-8-20(22(16)19)24(27)30/h3-12,15H,13-14H2,1-2H3,(H,26,28). The van der Waals surface area contributed by atoms with E-state index in [1.54, 1.807) is 24.3 Å². The largest absolute Gasteiger partial charge is 0.452 e. The van der Waals surface area contributed by atoms with Crippen LogP contribution in [0.5, 0.6) is 0 Å². The van der Waals surface area contributed by atoms with Crippen LogP contribution in [0.2, 0.25) is 0 Å². The summed E-state index contributed by atoms with van der Waals surface area (Å²) in [6.45, 7) is 4.05. The van der Waals surface area contributed by atoms with Crippen molar-refractivity contribution in [3.05, 3.63) is 77.4 Å². The number of anilines is 1. The summed E-state index contributed by atoms with van der Waals surface area (Å²) < 4.78 is 5.04. The minimum atomic E-state index is -0.664. The van der Waals surface area contributed by atoms with Gasteiger partial charge in [0, 0.05) is 23.1 Å². The van der Waals surface area contributed by atoms with Crippen LogP contribution >= 0.6 is 0 Å². The van der Waals surface area contributed by atoms with Crippen molar-refractivity contribution in [1.82, 2.24) is 5.32 Å². The predicted octanol–water partition coefficient (Wildman–Crippen LogP) is 3.57. The quantitative estimate of drug-likeness (QED) is 0.477. The summed E-state index contributed by atoms with van der Waals surface area (Å²) >= 11 is 0. The van der Waals surface area contributed by atoms with Gasteiger partial charge in [-0.1, -0.05) is 38.1 Å². The summed E-state index contributed by atoms with van der Waals surface area (Å²) in [5.74, 6) is -1.59. The average Bonchev–Trinajstić information content (AvgIpc) is 2.80. The molecule has 162 valence electrons. The number of amides is 3. The van der Waals surface area contributed by atoms with Crippen LogP contribution in [0.15, 0.2) is 60.7 Å². The van der Waals surface area contributed by atoms with Gasteiger partial charge in [0.2, 0.25) is 0 Å².